The Labute approximate surface area is 127 Å². The average Bonchev–Trinajstić information content (AvgIpc) is 2.91. The van der Waals surface area contributed by atoms with Crippen LogP contribution in [0, 0.1) is 22.7 Å². The third-order valence-corrected chi connectivity index (χ3v) is 3.17. The van der Waals surface area contributed by atoms with Crippen molar-refractivity contribution in [2.75, 3.05) is 0 Å². The van der Waals surface area contributed by atoms with Gasteiger partial charge in [-0.15, -0.1) is 0 Å². The molecule has 23 heavy (non-hydrogen) atoms. The highest BCUT2D eigenvalue weighted by molar-refractivity contribution is 5.63. The lowest BCUT2D eigenvalue weighted by Gasteiger charge is -2.11. The van der Waals surface area contributed by atoms with Crippen LogP contribution in [0.2, 0.25) is 0 Å². The van der Waals surface area contributed by atoms with Crippen molar-refractivity contribution in [1.82, 2.24) is 14.4 Å². The fourth-order valence-electron chi connectivity index (χ4n) is 2.19. The number of benzene rings is 1. The Bertz CT molecular complexity index is 975. The van der Waals surface area contributed by atoms with Crippen LogP contribution in [0.15, 0.2) is 36.4 Å². The maximum Gasteiger partial charge on any atom is 0.431 e. The maximum absolute atomic E-state index is 13.4. The van der Waals surface area contributed by atoms with Crippen molar-refractivity contribution in [2.45, 2.75) is 6.18 Å². The summed E-state index contributed by atoms with van der Waals surface area (Å²) in [6.45, 7) is 0. The van der Waals surface area contributed by atoms with Gasteiger partial charge in [-0.3, -0.25) is 4.40 Å². The summed E-state index contributed by atoms with van der Waals surface area (Å²) in [6, 6.07) is 12.3. The summed E-state index contributed by atoms with van der Waals surface area (Å²) < 4.78 is 40.7. The Balaban J connectivity index is 2.42. The van der Waals surface area contributed by atoms with E-state index in [-0.39, 0.29) is 11.5 Å². The van der Waals surface area contributed by atoms with E-state index in [0.29, 0.717) is 9.96 Å². The molecule has 0 aliphatic rings. The van der Waals surface area contributed by atoms with Gasteiger partial charge in [-0.05, 0) is 6.07 Å². The van der Waals surface area contributed by atoms with Crippen molar-refractivity contribution >= 4 is 5.78 Å². The lowest BCUT2D eigenvalue weighted by Crippen LogP contribution is -2.14. The summed E-state index contributed by atoms with van der Waals surface area (Å²) in [5.74, 6) is -0.341. The van der Waals surface area contributed by atoms with Crippen LogP contribution in [-0.4, -0.2) is 14.4 Å². The number of imidazole rings is 1. The maximum atomic E-state index is 13.4. The Hall–Kier alpha value is -3.39. The molecule has 0 amide bonds. The van der Waals surface area contributed by atoms with Crippen LogP contribution in [-0.2, 0) is 6.18 Å². The number of rotatable bonds is 1. The van der Waals surface area contributed by atoms with Crippen molar-refractivity contribution in [1.29, 1.82) is 10.5 Å². The Morgan fingerprint density at radius 1 is 1.00 bits per heavy atom. The zero-order valence-electron chi connectivity index (χ0n) is 11.3. The van der Waals surface area contributed by atoms with Crippen LogP contribution in [0.5, 0.6) is 0 Å². The zero-order chi connectivity index (χ0) is 16.6. The Morgan fingerprint density at radius 2 is 1.70 bits per heavy atom. The molecule has 0 saturated carbocycles. The van der Waals surface area contributed by atoms with Gasteiger partial charge in [-0.2, -0.15) is 28.7 Å². The molecule has 0 aliphatic heterocycles. The number of hydrogen-bond donors (Lipinski definition) is 0. The number of halogens is 3. The molecule has 0 atom stereocenters. The van der Waals surface area contributed by atoms with E-state index in [0.717, 1.165) is 6.07 Å². The molecule has 112 valence electrons. The largest absolute Gasteiger partial charge is 0.431 e. The van der Waals surface area contributed by atoms with E-state index >= 15 is 0 Å². The van der Waals surface area contributed by atoms with Crippen LogP contribution in [0.1, 0.15) is 17.1 Å². The number of aromatic nitrogens is 3. The van der Waals surface area contributed by atoms with Crippen LogP contribution < -0.4 is 0 Å². The molecule has 0 aliphatic carbocycles. The van der Waals surface area contributed by atoms with E-state index in [9.17, 15) is 13.2 Å². The number of alkyl halides is 3. The van der Waals surface area contributed by atoms with Gasteiger partial charge >= 0.3 is 6.18 Å². The van der Waals surface area contributed by atoms with Crippen LogP contribution in [0.3, 0.4) is 0 Å². The monoisotopic (exact) mass is 313 g/mol. The second-order valence-electron chi connectivity index (χ2n) is 4.56. The fraction of sp³-hybridized carbons (Fsp3) is 0.0667. The predicted octanol–water partition coefficient (Wildman–Crippen LogP) is 3.16. The highest BCUT2D eigenvalue weighted by atomic mass is 19.4. The highest BCUT2D eigenvalue weighted by Gasteiger charge is 2.36. The predicted molar refractivity (Wildman–Crippen MR) is 72.9 cm³/mol. The molecular weight excluding hydrogens is 307 g/mol. The van der Waals surface area contributed by atoms with Gasteiger partial charge in [0.2, 0.25) is 5.78 Å². The molecule has 3 aromatic rings. The molecule has 2 heterocycles. The van der Waals surface area contributed by atoms with Crippen molar-refractivity contribution in [3.63, 3.8) is 0 Å². The number of hydrogen-bond acceptors (Lipinski definition) is 4. The first-order valence-corrected chi connectivity index (χ1v) is 6.32. The second kappa shape index (κ2) is 5.11. The summed E-state index contributed by atoms with van der Waals surface area (Å²) in [5, 5.41) is 18.0. The van der Waals surface area contributed by atoms with Crippen LogP contribution >= 0.6 is 0 Å². The third-order valence-electron chi connectivity index (χ3n) is 3.17. The van der Waals surface area contributed by atoms with Gasteiger partial charge in [0.25, 0.3) is 0 Å². The molecule has 0 bridgehead atoms. The van der Waals surface area contributed by atoms with E-state index in [4.69, 9.17) is 10.5 Å². The van der Waals surface area contributed by atoms with Gasteiger partial charge in [-0.1, -0.05) is 30.3 Å². The van der Waals surface area contributed by atoms with E-state index in [2.05, 4.69) is 9.97 Å². The van der Waals surface area contributed by atoms with Crippen molar-refractivity contribution in [2.24, 2.45) is 0 Å². The summed E-state index contributed by atoms with van der Waals surface area (Å²) in [5.41, 5.74) is -1.45. The minimum atomic E-state index is -4.73. The lowest BCUT2D eigenvalue weighted by molar-refractivity contribution is -0.142. The van der Waals surface area contributed by atoms with Gasteiger partial charge < -0.3 is 0 Å². The normalized spacial score (nSPS) is 11.2. The van der Waals surface area contributed by atoms with Crippen molar-refractivity contribution in [3.8, 4) is 23.4 Å². The Morgan fingerprint density at radius 3 is 2.26 bits per heavy atom. The molecule has 2 aromatic heterocycles. The smallest absolute Gasteiger partial charge is 0.262 e. The standard InChI is InChI=1S/C15H6F3N5/c16-15(17,18)13-6-10(9-4-2-1-3-5-9)21-14-22-11(7-19)12(8-20)23(13)14/h1-6H. The molecule has 0 spiro atoms. The molecule has 5 nitrogen and oxygen atoms in total. The van der Waals surface area contributed by atoms with Crippen molar-refractivity contribution < 1.29 is 13.2 Å². The highest BCUT2D eigenvalue weighted by Crippen LogP contribution is 2.33. The molecule has 0 N–H and O–H groups in total. The average molecular weight is 313 g/mol. The second-order valence-corrected chi connectivity index (χ2v) is 4.56. The summed E-state index contributed by atoms with van der Waals surface area (Å²) in [6.07, 6.45) is -4.73. The van der Waals surface area contributed by atoms with E-state index in [1.54, 1.807) is 42.5 Å². The molecule has 1 aromatic carbocycles. The number of fused-ring (bicyclic) bond motifs is 1. The molecule has 3 rings (SSSR count). The third kappa shape index (κ3) is 2.36. The Kier molecular flexibility index (Phi) is 3.23. The van der Waals surface area contributed by atoms with Gasteiger partial charge in [0.15, 0.2) is 11.4 Å². The quantitative estimate of drug-likeness (QED) is 0.691. The summed E-state index contributed by atoms with van der Waals surface area (Å²) in [4.78, 5) is 7.78. The molecule has 0 fully saturated rings. The summed E-state index contributed by atoms with van der Waals surface area (Å²) >= 11 is 0. The topological polar surface area (TPSA) is 77.8 Å². The molecule has 0 radical (unpaired) electrons. The van der Waals surface area contributed by atoms with Gasteiger partial charge in [0.1, 0.15) is 17.8 Å². The van der Waals surface area contributed by atoms with Crippen LogP contribution in [0.4, 0.5) is 13.2 Å². The van der Waals surface area contributed by atoms with E-state index < -0.39 is 23.3 Å². The van der Waals surface area contributed by atoms with Crippen LogP contribution in [0.25, 0.3) is 17.0 Å². The number of nitriles is 2. The first-order valence-electron chi connectivity index (χ1n) is 6.32. The molecule has 0 unspecified atom stereocenters. The SMILES string of the molecule is N#Cc1nc2nc(-c3ccccc3)cc(C(F)(F)F)n2c1C#N. The molecule has 0 saturated heterocycles. The zero-order valence-corrected chi connectivity index (χ0v) is 11.3. The molecule has 8 heteroatoms. The van der Waals surface area contributed by atoms with Crippen molar-refractivity contribution in [3.05, 3.63) is 53.5 Å². The minimum absolute atomic E-state index is 0.0596. The first kappa shape index (κ1) is 14.5. The lowest BCUT2D eigenvalue weighted by atomic mass is 10.1. The van der Waals surface area contributed by atoms with Gasteiger partial charge in [-0.25, -0.2) is 4.98 Å². The number of nitrogens with zero attached hydrogens (tertiary/aromatic N) is 5. The first-order chi connectivity index (χ1) is 11.0. The van der Waals surface area contributed by atoms with Gasteiger partial charge in [0, 0.05) is 5.56 Å². The summed E-state index contributed by atoms with van der Waals surface area (Å²) in [7, 11) is 0. The molecular formula is C15H6F3N5. The minimum Gasteiger partial charge on any atom is -0.262 e. The van der Waals surface area contributed by atoms with Gasteiger partial charge in [0.05, 0.1) is 5.69 Å². The van der Waals surface area contributed by atoms with E-state index in [1.807, 2.05) is 0 Å². The fourth-order valence-corrected chi connectivity index (χ4v) is 2.19. The van der Waals surface area contributed by atoms with E-state index in [1.165, 1.54) is 0 Å².